The third-order valence-corrected chi connectivity index (χ3v) is 9.46. The molecule has 0 aliphatic rings. The molecule has 8 N–H and O–H groups in total. The first-order valence-electron chi connectivity index (χ1n) is 18.1. The Hall–Kier alpha value is -6.74. The zero-order valence-corrected chi connectivity index (χ0v) is 33.4. The number of nitrogen functional groups attached to an aromatic ring is 1. The molecule has 0 aliphatic heterocycles. The number of fused-ring (bicyclic) bond motifs is 1. The molecule has 0 radical (unpaired) electrons. The zero-order valence-electron chi connectivity index (χ0n) is 32.5. The molecule has 0 fully saturated rings. The summed E-state index contributed by atoms with van der Waals surface area (Å²) in [6, 6.07) is 14.6. The van der Waals surface area contributed by atoms with E-state index in [-0.39, 0.29) is 67.5 Å². The highest BCUT2D eigenvalue weighted by molar-refractivity contribution is 7.48. The number of ether oxygens (including phenoxy) is 1. The normalized spacial score (nSPS) is 11.3. The van der Waals surface area contributed by atoms with Crippen molar-refractivity contribution in [3.8, 4) is 5.75 Å². The number of nitrogens with two attached hydrogens (primary N) is 2. The van der Waals surface area contributed by atoms with Gasteiger partial charge in [-0.3, -0.25) is 37.7 Å². The first kappa shape index (κ1) is 46.9. The van der Waals surface area contributed by atoms with Gasteiger partial charge in [0.05, 0.1) is 55.1 Å². The molecule has 2 heterocycles. The molecule has 5 aromatic rings. The number of anilines is 3. The number of carbonyl (C=O) groups is 4. The Labute approximate surface area is 344 Å². The van der Waals surface area contributed by atoms with Gasteiger partial charge in [0, 0.05) is 24.1 Å². The quantitative estimate of drug-likeness (QED) is 0.0343. The van der Waals surface area contributed by atoms with Gasteiger partial charge in [-0.1, -0.05) is 12.1 Å². The van der Waals surface area contributed by atoms with Crippen LogP contribution in [0.15, 0.2) is 77.7 Å². The Morgan fingerprint density at radius 2 is 1.59 bits per heavy atom. The van der Waals surface area contributed by atoms with Crippen LogP contribution in [0.2, 0.25) is 0 Å². The van der Waals surface area contributed by atoms with Gasteiger partial charge in [-0.05, 0) is 80.4 Å². The van der Waals surface area contributed by atoms with E-state index in [1.807, 2.05) is 0 Å². The molecule has 61 heavy (non-hydrogen) atoms. The number of hydrogen-bond acceptors (Lipinski definition) is 15. The monoisotopic (exact) mass is 872 g/mol. The topological polar surface area (TPSA) is 290 Å². The molecular formula is C38H40F3N8O11P. The van der Waals surface area contributed by atoms with Crippen molar-refractivity contribution in [2.45, 2.75) is 52.4 Å². The van der Waals surface area contributed by atoms with E-state index in [9.17, 15) is 41.7 Å². The van der Waals surface area contributed by atoms with Crippen LogP contribution < -0.4 is 32.4 Å². The molecule has 5 rings (SSSR count). The number of nitrogens with one attached hydrogen (secondary N) is 3. The van der Waals surface area contributed by atoms with E-state index in [0.29, 0.717) is 35.5 Å². The van der Waals surface area contributed by atoms with Crippen LogP contribution in [-0.2, 0) is 47.1 Å². The highest BCUT2D eigenvalue weighted by Crippen LogP contribution is 2.50. The standard InChI is InChI=1S/C24H27F3NO9P.C14H13N7O2/c1-3-34-38(33,35-4-2)36-15-16-8-11-18(12-9-16)37-23(32)19-13-10-17(24(25,26)27)14-20(19)28-21(29)6-5-7-22(30)31;15-11(22)7-1-3-8(4-2-7)17-5-9-6-18-12-10(19-9)13(23)21-14(16)20-12/h8-14H,3-7,15H2,1-2H3,(H,28,29)(H,30,31);1-4,6,17H,5H2,(H2,15,22)(H3,16,18,20,21,23). The van der Waals surface area contributed by atoms with E-state index in [1.54, 1.807) is 38.1 Å². The average molecular weight is 873 g/mol. The summed E-state index contributed by atoms with van der Waals surface area (Å²) in [5.41, 5.74) is 10.9. The van der Waals surface area contributed by atoms with Crippen LogP contribution in [-0.4, -0.2) is 62.0 Å². The molecule has 0 aliphatic carbocycles. The second kappa shape index (κ2) is 21.5. The average Bonchev–Trinajstić information content (AvgIpc) is 3.20. The highest BCUT2D eigenvalue weighted by atomic mass is 31.2. The third-order valence-electron chi connectivity index (χ3n) is 7.86. The Kier molecular flexibility index (Phi) is 16.5. The maximum Gasteiger partial charge on any atom is 0.475 e. The largest absolute Gasteiger partial charge is 0.481 e. The number of esters is 1. The predicted octanol–water partition coefficient (Wildman–Crippen LogP) is 5.82. The summed E-state index contributed by atoms with van der Waals surface area (Å²) in [4.78, 5) is 72.9. The summed E-state index contributed by atoms with van der Waals surface area (Å²) in [7, 11) is -3.73. The summed E-state index contributed by atoms with van der Waals surface area (Å²) in [6.45, 7) is 3.70. The van der Waals surface area contributed by atoms with Gasteiger partial charge in [-0.2, -0.15) is 18.2 Å². The first-order valence-corrected chi connectivity index (χ1v) is 19.6. The number of H-pyrrole nitrogens is 1. The van der Waals surface area contributed by atoms with Gasteiger partial charge in [0.2, 0.25) is 17.8 Å². The minimum absolute atomic E-state index is 0.00258. The highest BCUT2D eigenvalue weighted by Gasteiger charge is 2.32. The smallest absolute Gasteiger partial charge is 0.475 e. The van der Waals surface area contributed by atoms with E-state index in [4.69, 9.17) is 34.9 Å². The Balaban J connectivity index is 0.000000301. The van der Waals surface area contributed by atoms with E-state index < -0.39 is 54.6 Å². The number of aromatic nitrogens is 4. The number of carboxylic acids is 1. The maximum atomic E-state index is 13.2. The minimum atomic E-state index is -4.74. The van der Waals surface area contributed by atoms with Crippen molar-refractivity contribution in [3.05, 3.63) is 111 Å². The Morgan fingerprint density at radius 1 is 0.918 bits per heavy atom. The lowest BCUT2D eigenvalue weighted by Gasteiger charge is -2.16. The molecule has 0 spiro atoms. The number of halogens is 3. The number of carbonyl (C=O) groups excluding carboxylic acids is 3. The van der Waals surface area contributed by atoms with Crippen LogP contribution in [0.25, 0.3) is 11.2 Å². The number of nitrogens with zero attached hydrogens (tertiary/aromatic N) is 3. The fourth-order valence-electron chi connectivity index (χ4n) is 5.01. The number of rotatable bonds is 18. The Bertz CT molecular complexity index is 2440. The molecule has 3 aromatic carbocycles. The van der Waals surface area contributed by atoms with Crippen molar-refractivity contribution in [2.75, 3.05) is 29.6 Å². The molecule has 2 aromatic heterocycles. The number of primary amides is 1. The first-order chi connectivity index (χ1) is 28.9. The van der Waals surface area contributed by atoms with Gasteiger partial charge in [-0.15, -0.1) is 0 Å². The minimum Gasteiger partial charge on any atom is -0.481 e. The van der Waals surface area contributed by atoms with Crippen LogP contribution in [0.3, 0.4) is 0 Å². The predicted molar refractivity (Wildman–Crippen MR) is 213 cm³/mol. The van der Waals surface area contributed by atoms with Crippen molar-refractivity contribution in [1.82, 2.24) is 19.9 Å². The summed E-state index contributed by atoms with van der Waals surface area (Å²) < 4.78 is 72.5. The number of aliphatic carboxylic acids is 1. The van der Waals surface area contributed by atoms with Gasteiger partial charge in [0.25, 0.3) is 5.56 Å². The number of carboxylic acid groups (broad SMARTS) is 1. The van der Waals surface area contributed by atoms with Gasteiger partial charge < -0.3 is 31.9 Å². The second-order valence-electron chi connectivity index (χ2n) is 12.4. The third kappa shape index (κ3) is 14.5. The summed E-state index contributed by atoms with van der Waals surface area (Å²) in [6.07, 6.45) is -3.85. The molecule has 0 unspecified atom stereocenters. The van der Waals surface area contributed by atoms with Gasteiger partial charge in [0.1, 0.15) is 5.75 Å². The number of amides is 2. The van der Waals surface area contributed by atoms with E-state index in [1.165, 1.54) is 30.5 Å². The molecule has 23 heteroatoms. The van der Waals surface area contributed by atoms with E-state index in [0.717, 1.165) is 11.8 Å². The lowest BCUT2D eigenvalue weighted by atomic mass is 10.1. The summed E-state index contributed by atoms with van der Waals surface area (Å²) in [5, 5.41) is 14.0. The zero-order chi connectivity index (χ0) is 44.7. The number of hydrogen-bond donors (Lipinski definition) is 6. The molecule has 2 amide bonds. The van der Waals surface area contributed by atoms with Gasteiger partial charge in [-0.25, -0.2) is 19.3 Å². The molecule has 0 bridgehead atoms. The fourth-order valence-corrected chi connectivity index (χ4v) is 6.18. The Morgan fingerprint density at radius 3 is 2.20 bits per heavy atom. The maximum absolute atomic E-state index is 13.2. The number of benzene rings is 3. The molecule has 0 saturated heterocycles. The van der Waals surface area contributed by atoms with Crippen LogP contribution in [0.5, 0.6) is 5.75 Å². The molecular weight excluding hydrogens is 832 g/mol. The number of aromatic amines is 1. The van der Waals surface area contributed by atoms with Crippen molar-refractivity contribution < 1.29 is 60.3 Å². The van der Waals surface area contributed by atoms with Crippen molar-refractivity contribution >= 4 is 60.1 Å². The molecule has 19 nitrogen and oxygen atoms in total. The van der Waals surface area contributed by atoms with Crippen LogP contribution >= 0.6 is 7.82 Å². The number of phosphoric acid groups is 1. The second-order valence-corrected chi connectivity index (χ2v) is 14.1. The van der Waals surface area contributed by atoms with Crippen molar-refractivity contribution in [1.29, 1.82) is 0 Å². The molecule has 0 saturated carbocycles. The van der Waals surface area contributed by atoms with Gasteiger partial charge >= 0.3 is 25.9 Å². The van der Waals surface area contributed by atoms with E-state index >= 15 is 0 Å². The van der Waals surface area contributed by atoms with Crippen LogP contribution in [0, 0.1) is 0 Å². The van der Waals surface area contributed by atoms with Gasteiger partial charge in [0.15, 0.2) is 11.2 Å². The number of alkyl halides is 3. The SMILES string of the molecule is CCOP(=O)(OCC)OCc1ccc(OC(=O)c2ccc(C(F)(F)F)cc2NC(=O)CCCC(=O)O)cc1.NC(=O)c1ccc(NCc2cnc3nc(N)[nH]c(=O)c3n2)cc1. The number of phosphoric ester groups is 1. The molecule has 0 atom stereocenters. The van der Waals surface area contributed by atoms with Crippen LogP contribution in [0.1, 0.15) is 70.6 Å². The lowest BCUT2D eigenvalue weighted by Crippen LogP contribution is -2.18. The van der Waals surface area contributed by atoms with E-state index in [2.05, 4.69) is 30.6 Å². The lowest BCUT2D eigenvalue weighted by molar-refractivity contribution is -0.138. The fraction of sp³-hybridized carbons (Fsp3) is 0.263. The summed E-state index contributed by atoms with van der Waals surface area (Å²) >= 11 is 0. The van der Waals surface area contributed by atoms with Crippen LogP contribution in [0.4, 0.5) is 30.5 Å². The van der Waals surface area contributed by atoms with Crippen molar-refractivity contribution in [2.24, 2.45) is 5.73 Å². The van der Waals surface area contributed by atoms with Crippen molar-refractivity contribution in [3.63, 3.8) is 0 Å². The molecule has 324 valence electrons. The summed E-state index contributed by atoms with van der Waals surface area (Å²) in [5.74, 6) is -3.38.